The van der Waals surface area contributed by atoms with Crippen LogP contribution >= 0.6 is 0 Å². The highest BCUT2D eigenvalue weighted by Gasteiger charge is 2.34. The largest absolute Gasteiger partial charge is 0.353 e. The molecule has 0 bridgehead atoms. The van der Waals surface area contributed by atoms with Crippen LogP contribution in [-0.2, 0) is 9.59 Å². The van der Waals surface area contributed by atoms with Gasteiger partial charge in [0, 0.05) is 38.6 Å². The van der Waals surface area contributed by atoms with Crippen molar-refractivity contribution in [3.05, 3.63) is 71.8 Å². The molecule has 2 aliphatic rings. The zero-order chi connectivity index (χ0) is 20.8. The number of carbonyl (C=O) groups is 2. The molecule has 0 aliphatic carbocycles. The summed E-state index contributed by atoms with van der Waals surface area (Å²) in [6.45, 7) is 3.76. The molecule has 0 radical (unpaired) electrons. The van der Waals surface area contributed by atoms with Gasteiger partial charge in [-0.15, -0.1) is 0 Å². The number of benzene rings is 2. The van der Waals surface area contributed by atoms with Crippen LogP contribution in [0, 0.1) is 0 Å². The summed E-state index contributed by atoms with van der Waals surface area (Å²) in [4.78, 5) is 29.8. The molecule has 5 heteroatoms. The van der Waals surface area contributed by atoms with Gasteiger partial charge in [-0.3, -0.25) is 14.5 Å². The maximum Gasteiger partial charge on any atom is 0.237 e. The van der Waals surface area contributed by atoms with Gasteiger partial charge in [-0.2, -0.15) is 0 Å². The van der Waals surface area contributed by atoms with E-state index in [2.05, 4.69) is 58.7 Å². The first-order valence-electron chi connectivity index (χ1n) is 11.1. The van der Waals surface area contributed by atoms with Crippen molar-refractivity contribution in [3.8, 4) is 0 Å². The molecule has 1 N–H and O–H groups in total. The predicted octanol–water partition coefficient (Wildman–Crippen LogP) is 3.02. The third-order valence-corrected chi connectivity index (χ3v) is 6.34. The molecule has 2 aliphatic heterocycles. The topological polar surface area (TPSA) is 52.7 Å². The molecule has 0 unspecified atom stereocenters. The van der Waals surface area contributed by atoms with Crippen molar-refractivity contribution in [1.82, 2.24) is 15.1 Å². The number of hydrogen-bond donors (Lipinski definition) is 1. The minimum atomic E-state index is -0.400. The number of nitrogens with zero attached hydrogens (tertiary/aromatic N) is 2. The normalized spacial score (nSPS) is 20.2. The molecule has 5 nitrogen and oxygen atoms in total. The monoisotopic (exact) mass is 405 g/mol. The SMILES string of the molecule is O=C1NCCN(CC(c2ccccc2)c2ccccc2)[C@H]1CC(=O)N1CCCCC1. The third-order valence-electron chi connectivity index (χ3n) is 6.34. The van der Waals surface area contributed by atoms with E-state index in [-0.39, 0.29) is 24.2 Å². The van der Waals surface area contributed by atoms with E-state index in [1.807, 2.05) is 17.0 Å². The fourth-order valence-electron chi connectivity index (χ4n) is 4.65. The summed E-state index contributed by atoms with van der Waals surface area (Å²) in [5, 5.41) is 2.97. The summed E-state index contributed by atoms with van der Waals surface area (Å²) in [6, 6.07) is 20.5. The highest BCUT2D eigenvalue weighted by molar-refractivity contribution is 5.88. The number of likely N-dealkylation sites (tertiary alicyclic amines) is 1. The maximum atomic E-state index is 12.9. The Morgan fingerprint density at radius 3 is 2.10 bits per heavy atom. The van der Waals surface area contributed by atoms with E-state index in [0.717, 1.165) is 39.0 Å². The Hall–Kier alpha value is -2.66. The zero-order valence-electron chi connectivity index (χ0n) is 17.5. The standard InChI is InChI=1S/C25H31N3O2/c29-24(27-15-8-3-9-16-27)18-23-25(30)26-14-17-28(23)19-22(20-10-4-1-5-11-20)21-12-6-2-7-13-21/h1-2,4-7,10-13,22-23H,3,8-9,14-19H2,(H,26,30)/t23-/m0/s1. The van der Waals surface area contributed by atoms with Gasteiger partial charge < -0.3 is 10.2 Å². The first kappa shape index (κ1) is 20.6. The van der Waals surface area contributed by atoms with Crippen LogP contribution in [0.5, 0.6) is 0 Å². The molecule has 30 heavy (non-hydrogen) atoms. The highest BCUT2D eigenvalue weighted by atomic mass is 16.2. The second-order valence-electron chi connectivity index (χ2n) is 8.32. The Labute approximate surface area is 179 Å². The molecule has 2 fully saturated rings. The van der Waals surface area contributed by atoms with Crippen LogP contribution in [0.1, 0.15) is 42.7 Å². The quantitative estimate of drug-likeness (QED) is 0.804. The molecule has 0 spiro atoms. The third kappa shape index (κ3) is 4.90. The Balaban J connectivity index is 1.54. The van der Waals surface area contributed by atoms with Gasteiger partial charge >= 0.3 is 0 Å². The van der Waals surface area contributed by atoms with Gasteiger partial charge in [0.2, 0.25) is 11.8 Å². The highest BCUT2D eigenvalue weighted by Crippen LogP contribution is 2.27. The molecule has 2 aromatic carbocycles. The molecule has 2 aromatic rings. The molecule has 0 aromatic heterocycles. The fourth-order valence-corrected chi connectivity index (χ4v) is 4.65. The molecular formula is C25H31N3O2. The number of piperazine rings is 1. The second kappa shape index (κ2) is 9.90. The van der Waals surface area contributed by atoms with Crippen molar-refractivity contribution in [2.45, 2.75) is 37.6 Å². The van der Waals surface area contributed by atoms with Gasteiger partial charge in [0.25, 0.3) is 0 Å². The summed E-state index contributed by atoms with van der Waals surface area (Å²) in [6.07, 6.45) is 3.59. The van der Waals surface area contributed by atoms with E-state index in [1.54, 1.807) is 0 Å². The molecule has 0 saturated carbocycles. The first-order valence-corrected chi connectivity index (χ1v) is 11.1. The van der Waals surface area contributed by atoms with Gasteiger partial charge in [-0.25, -0.2) is 0 Å². The number of carbonyl (C=O) groups excluding carboxylic acids is 2. The number of nitrogens with one attached hydrogen (secondary N) is 1. The second-order valence-corrected chi connectivity index (χ2v) is 8.32. The van der Waals surface area contributed by atoms with Gasteiger partial charge in [0.05, 0.1) is 12.5 Å². The minimum Gasteiger partial charge on any atom is -0.353 e. The fraction of sp³-hybridized carbons (Fsp3) is 0.440. The summed E-state index contributed by atoms with van der Waals surface area (Å²) >= 11 is 0. The van der Waals surface area contributed by atoms with E-state index in [0.29, 0.717) is 6.54 Å². The summed E-state index contributed by atoms with van der Waals surface area (Å²) in [5.74, 6) is 0.245. The van der Waals surface area contributed by atoms with Gasteiger partial charge in [-0.05, 0) is 30.4 Å². The number of rotatable bonds is 6. The Kier molecular flexibility index (Phi) is 6.80. The lowest BCUT2D eigenvalue weighted by atomic mass is 9.90. The van der Waals surface area contributed by atoms with E-state index in [1.165, 1.54) is 17.5 Å². The molecule has 158 valence electrons. The van der Waals surface area contributed by atoms with Gasteiger partial charge in [0.1, 0.15) is 0 Å². The van der Waals surface area contributed by atoms with Crippen LogP contribution < -0.4 is 5.32 Å². The molecule has 2 heterocycles. The molecule has 2 saturated heterocycles. The average Bonchev–Trinajstić information content (AvgIpc) is 2.81. The molecule has 2 amide bonds. The van der Waals surface area contributed by atoms with E-state index < -0.39 is 6.04 Å². The van der Waals surface area contributed by atoms with Crippen LogP contribution in [0.25, 0.3) is 0 Å². The van der Waals surface area contributed by atoms with Gasteiger partial charge in [-0.1, -0.05) is 60.7 Å². The molecule has 1 atom stereocenters. The van der Waals surface area contributed by atoms with E-state index in [4.69, 9.17) is 0 Å². The number of hydrogen-bond acceptors (Lipinski definition) is 3. The van der Waals surface area contributed by atoms with Crippen LogP contribution in [0.15, 0.2) is 60.7 Å². The van der Waals surface area contributed by atoms with Crippen molar-refractivity contribution in [1.29, 1.82) is 0 Å². The Morgan fingerprint density at radius 2 is 1.50 bits per heavy atom. The van der Waals surface area contributed by atoms with Crippen LogP contribution in [0.4, 0.5) is 0 Å². The van der Waals surface area contributed by atoms with Crippen molar-refractivity contribution in [3.63, 3.8) is 0 Å². The summed E-state index contributed by atoms with van der Waals surface area (Å²) in [7, 11) is 0. The Bertz CT molecular complexity index is 794. The van der Waals surface area contributed by atoms with Crippen molar-refractivity contribution in [2.24, 2.45) is 0 Å². The van der Waals surface area contributed by atoms with Gasteiger partial charge in [0.15, 0.2) is 0 Å². The smallest absolute Gasteiger partial charge is 0.237 e. The maximum absolute atomic E-state index is 12.9. The summed E-state index contributed by atoms with van der Waals surface area (Å²) < 4.78 is 0. The average molecular weight is 406 g/mol. The lowest BCUT2D eigenvalue weighted by Gasteiger charge is -2.38. The zero-order valence-corrected chi connectivity index (χ0v) is 17.5. The molecular weight excluding hydrogens is 374 g/mol. The van der Waals surface area contributed by atoms with Crippen LogP contribution in [0.3, 0.4) is 0 Å². The van der Waals surface area contributed by atoms with Crippen molar-refractivity contribution in [2.75, 3.05) is 32.7 Å². The summed E-state index contributed by atoms with van der Waals surface area (Å²) in [5.41, 5.74) is 2.46. The molecule has 4 rings (SSSR count). The van der Waals surface area contributed by atoms with Crippen molar-refractivity contribution < 1.29 is 9.59 Å². The Morgan fingerprint density at radius 1 is 0.900 bits per heavy atom. The van der Waals surface area contributed by atoms with E-state index in [9.17, 15) is 9.59 Å². The van der Waals surface area contributed by atoms with E-state index >= 15 is 0 Å². The number of piperidine rings is 1. The van der Waals surface area contributed by atoms with Crippen LogP contribution in [0.2, 0.25) is 0 Å². The predicted molar refractivity (Wildman–Crippen MR) is 118 cm³/mol. The first-order chi connectivity index (χ1) is 14.7. The lowest BCUT2D eigenvalue weighted by molar-refractivity contribution is -0.139. The minimum absolute atomic E-state index is 0.0218. The number of amides is 2. The van der Waals surface area contributed by atoms with Crippen molar-refractivity contribution >= 4 is 11.8 Å². The lowest BCUT2D eigenvalue weighted by Crippen LogP contribution is -2.57. The van der Waals surface area contributed by atoms with Crippen LogP contribution in [-0.4, -0.2) is 60.4 Å².